The highest BCUT2D eigenvalue weighted by atomic mass is 19.1. The van der Waals surface area contributed by atoms with Crippen LogP contribution in [0.4, 0.5) is 4.39 Å². The summed E-state index contributed by atoms with van der Waals surface area (Å²) in [5, 5.41) is 8.49. The summed E-state index contributed by atoms with van der Waals surface area (Å²) < 4.78 is 12.9. The zero-order valence-corrected chi connectivity index (χ0v) is 9.55. The van der Waals surface area contributed by atoms with E-state index in [1.807, 2.05) is 13.0 Å². The van der Waals surface area contributed by atoms with Crippen molar-refractivity contribution >= 4 is 18.2 Å². The lowest BCUT2D eigenvalue weighted by Gasteiger charge is -1.93. The number of H-pyrrole nitrogens is 1. The minimum absolute atomic E-state index is 0.298. The second-order valence-electron chi connectivity index (χ2n) is 3.29. The summed E-state index contributed by atoms with van der Waals surface area (Å²) in [6.45, 7) is 11.2. The second-order valence-corrected chi connectivity index (χ2v) is 3.29. The predicted octanol–water partition coefficient (Wildman–Crippen LogP) is 2.06. The van der Waals surface area contributed by atoms with Crippen molar-refractivity contribution in [3.05, 3.63) is 46.9 Å². The zero-order valence-electron chi connectivity index (χ0n) is 9.55. The molecule has 1 N–H and O–H groups in total. The molecule has 0 unspecified atom stereocenters. The fraction of sp³-hybridized carbons (Fsp3) is 0.154. The predicted molar refractivity (Wildman–Crippen MR) is 66.5 cm³/mol. The molecule has 1 aromatic rings. The van der Waals surface area contributed by atoms with Gasteiger partial charge in [0.2, 0.25) is 0 Å². The van der Waals surface area contributed by atoms with Crippen molar-refractivity contribution in [2.24, 2.45) is 0 Å². The van der Waals surface area contributed by atoms with Gasteiger partial charge >= 0.3 is 0 Å². The normalized spacial score (nSPS) is 13.7. The Morgan fingerprint density at radius 2 is 2.06 bits per heavy atom. The van der Waals surface area contributed by atoms with Crippen LogP contribution in [0.25, 0.3) is 18.2 Å². The Labute approximate surface area is 94.2 Å². The highest BCUT2D eigenvalue weighted by Crippen LogP contribution is 2.07. The van der Waals surface area contributed by atoms with E-state index in [9.17, 15) is 4.39 Å². The summed E-state index contributed by atoms with van der Waals surface area (Å²) in [5.41, 5.74) is 1.35. The standard InChI is InChI=1S/C13H15FN2/c1-5-11(14)8-7-9(3)13-12(6-2)10(4)15-16-13/h5-8,15H,3-4H2,1-2H3/b8-7-,11-5+,12-6+. The van der Waals surface area contributed by atoms with Gasteiger partial charge in [-0.05, 0) is 25.5 Å². The van der Waals surface area contributed by atoms with E-state index in [0.717, 1.165) is 10.6 Å². The van der Waals surface area contributed by atoms with E-state index in [1.165, 1.54) is 12.2 Å². The number of nitrogens with zero attached hydrogens (tertiary/aromatic N) is 1. The summed E-state index contributed by atoms with van der Waals surface area (Å²) in [6, 6.07) is 0. The van der Waals surface area contributed by atoms with Gasteiger partial charge in [0.1, 0.15) is 5.83 Å². The van der Waals surface area contributed by atoms with E-state index < -0.39 is 0 Å². The fourth-order valence-electron chi connectivity index (χ4n) is 1.30. The minimum atomic E-state index is -0.298. The van der Waals surface area contributed by atoms with Crippen molar-refractivity contribution < 1.29 is 4.39 Å². The Balaban J connectivity index is 3.08. The van der Waals surface area contributed by atoms with Crippen LogP contribution in [0.1, 0.15) is 19.5 Å². The SMILES string of the molecule is C=C(/C=C\C(F)=C/C)c1n[nH]c(=C)/c1=C\C. The van der Waals surface area contributed by atoms with Gasteiger partial charge in [-0.3, -0.25) is 5.10 Å². The van der Waals surface area contributed by atoms with Crippen molar-refractivity contribution in [3.63, 3.8) is 0 Å². The summed E-state index contributed by atoms with van der Waals surface area (Å²) >= 11 is 0. The number of nitrogens with one attached hydrogen (secondary N) is 1. The summed E-state index contributed by atoms with van der Waals surface area (Å²) in [4.78, 5) is 0. The summed E-state index contributed by atoms with van der Waals surface area (Å²) in [6.07, 6.45) is 6.23. The quantitative estimate of drug-likeness (QED) is 0.773. The number of aromatic nitrogens is 2. The van der Waals surface area contributed by atoms with E-state index in [4.69, 9.17) is 0 Å². The maximum absolute atomic E-state index is 12.9. The average Bonchev–Trinajstić information content (AvgIpc) is 2.66. The van der Waals surface area contributed by atoms with Gasteiger partial charge in [-0.15, -0.1) is 0 Å². The molecule has 0 aliphatic heterocycles. The van der Waals surface area contributed by atoms with Crippen LogP contribution in [0, 0.1) is 0 Å². The fourth-order valence-corrected chi connectivity index (χ4v) is 1.30. The molecule has 0 amide bonds. The lowest BCUT2D eigenvalue weighted by molar-refractivity contribution is 0.665. The van der Waals surface area contributed by atoms with E-state index in [1.54, 1.807) is 13.0 Å². The van der Waals surface area contributed by atoms with Crippen LogP contribution >= 0.6 is 0 Å². The number of rotatable bonds is 3. The molecule has 0 aliphatic carbocycles. The van der Waals surface area contributed by atoms with Crippen molar-refractivity contribution in [1.82, 2.24) is 10.2 Å². The van der Waals surface area contributed by atoms with Crippen LogP contribution in [0.5, 0.6) is 0 Å². The molecule has 0 radical (unpaired) electrons. The molecule has 0 aromatic carbocycles. The van der Waals surface area contributed by atoms with Crippen LogP contribution in [-0.2, 0) is 0 Å². The van der Waals surface area contributed by atoms with Crippen molar-refractivity contribution in [1.29, 1.82) is 0 Å². The van der Waals surface area contributed by atoms with Crippen LogP contribution in [0.3, 0.4) is 0 Å². The number of allylic oxidation sites excluding steroid dienone is 5. The first-order valence-corrected chi connectivity index (χ1v) is 4.99. The van der Waals surface area contributed by atoms with Gasteiger partial charge in [0.05, 0.1) is 11.0 Å². The molecule has 1 heterocycles. The smallest absolute Gasteiger partial charge is 0.118 e. The Bertz CT molecular complexity index is 547. The van der Waals surface area contributed by atoms with Crippen molar-refractivity contribution in [2.75, 3.05) is 0 Å². The number of hydrogen-bond donors (Lipinski definition) is 1. The summed E-state index contributed by atoms with van der Waals surface area (Å²) in [7, 11) is 0. The second kappa shape index (κ2) is 5.26. The third-order valence-corrected chi connectivity index (χ3v) is 2.20. The molecule has 0 saturated carbocycles. The first kappa shape index (κ1) is 12.2. The van der Waals surface area contributed by atoms with Crippen LogP contribution in [0.15, 0.2) is 30.6 Å². The van der Waals surface area contributed by atoms with Gasteiger partial charge in [0, 0.05) is 5.22 Å². The van der Waals surface area contributed by atoms with E-state index in [2.05, 4.69) is 23.4 Å². The molecule has 0 aliphatic rings. The van der Waals surface area contributed by atoms with Crippen LogP contribution in [0.2, 0.25) is 0 Å². The topological polar surface area (TPSA) is 28.7 Å². The molecule has 84 valence electrons. The Morgan fingerprint density at radius 1 is 1.38 bits per heavy atom. The van der Waals surface area contributed by atoms with Gasteiger partial charge in [-0.25, -0.2) is 4.39 Å². The molecule has 1 rings (SSSR count). The van der Waals surface area contributed by atoms with Crippen molar-refractivity contribution in [3.8, 4) is 0 Å². The zero-order chi connectivity index (χ0) is 12.1. The van der Waals surface area contributed by atoms with E-state index in [-0.39, 0.29) is 5.83 Å². The molecule has 0 spiro atoms. The number of hydrogen-bond acceptors (Lipinski definition) is 1. The molecule has 0 fully saturated rings. The lowest BCUT2D eigenvalue weighted by atomic mass is 10.1. The first-order chi connectivity index (χ1) is 7.60. The van der Waals surface area contributed by atoms with E-state index >= 15 is 0 Å². The molecular formula is C13H15FN2. The van der Waals surface area contributed by atoms with Crippen molar-refractivity contribution in [2.45, 2.75) is 13.8 Å². The highest BCUT2D eigenvalue weighted by molar-refractivity contribution is 5.70. The van der Waals surface area contributed by atoms with Gasteiger partial charge in [-0.2, -0.15) is 5.10 Å². The van der Waals surface area contributed by atoms with E-state index in [0.29, 0.717) is 11.3 Å². The monoisotopic (exact) mass is 218 g/mol. The van der Waals surface area contributed by atoms with Crippen LogP contribution < -0.4 is 10.6 Å². The number of aromatic amines is 1. The number of halogens is 1. The Morgan fingerprint density at radius 3 is 2.62 bits per heavy atom. The minimum Gasteiger partial charge on any atom is -0.278 e. The van der Waals surface area contributed by atoms with Gasteiger partial charge < -0.3 is 0 Å². The Kier molecular flexibility index (Phi) is 4.00. The first-order valence-electron chi connectivity index (χ1n) is 4.99. The lowest BCUT2D eigenvalue weighted by Crippen LogP contribution is -2.22. The third kappa shape index (κ3) is 2.57. The highest BCUT2D eigenvalue weighted by Gasteiger charge is 2.01. The Hall–Kier alpha value is -1.90. The largest absolute Gasteiger partial charge is 0.278 e. The van der Waals surface area contributed by atoms with Gasteiger partial charge in [-0.1, -0.05) is 31.4 Å². The maximum atomic E-state index is 12.9. The van der Waals surface area contributed by atoms with Gasteiger partial charge in [0.15, 0.2) is 0 Å². The molecule has 1 aromatic heterocycles. The molecular weight excluding hydrogens is 203 g/mol. The molecule has 0 atom stereocenters. The molecule has 16 heavy (non-hydrogen) atoms. The molecule has 2 nitrogen and oxygen atoms in total. The molecule has 0 saturated heterocycles. The van der Waals surface area contributed by atoms with Gasteiger partial charge in [0.25, 0.3) is 0 Å². The molecule has 0 bridgehead atoms. The third-order valence-electron chi connectivity index (χ3n) is 2.20. The molecule has 3 heteroatoms. The van der Waals surface area contributed by atoms with Crippen LogP contribution in [-0.4, -0.2) is 10.2 Å². The maximum Gasteiger partial charge on any atom is 0.118 e. The average molecular weight is 218 g/mol. The summed E-state index contributed by atoms with van der Waals surface area (Å²) in [5.74, 6) is -0.298.